The number of imide groups is 1. The highest BCUT2D eigenvalue weighted by Gasteiger charge is 2.43. The summed E-state index contributed by atoms with van der Waals surface area (Å²) in [6.07, 6.45) is 0. The molecule has 116 valence electrons. The fourth-order valence-electron chi connectivity index (χ4n) is 2.26. The number of benzene rings is 2. The molecule has 1 saturated heterocycles. The smallest absolute Gasteiger partial charge is 0.341 e. The van der Waals surface area contributed by atoms with Crippen molar-refractivity contribution in [2.75, 3.05) is 16.9 Å². The van der Waals surface area contributed by atoms with Crippen molar-refractivity contribution in [2.45, 2.75) is 0 Å². The number of amides is 3. The lowest BCUT2D eigenvalue weighted by Gasteiger charge is -2.17. The lowest BCUT2D eigenvalue weighted by atomic mass is 10.3. The molecule has 0 bridgehead atoms. The van der Waals surface area contributed by atoms with Crippen LogP contribution in [-0.2, 0) is 4.79 Å². The molecular formula is C16H11ClN2O3S. The summed E-state index contributed by atoms with van der Waals surface area (Å²) in [6, 6.07) is 12.7. The lowest BCUT2D eigenvalue weighted by molar-refractivity contribution is -0.111. The van der Waals surface area contributed by atoms with Gasteiger partial charge in [-0.05, 0) is 36.4 Å². The molecule has 1 heterocycles. The number of anilines is 2. The van der Waals surface area contributed by atoms with Gasteiger partial charge in [0.15, 0.2) is 4.99 Å². The third-order valence-electron chi connectivity index (χ3n) is 3.37. The summed E-state index contributed by atoms with van der Waals surface area (Å²) in [5.74, 6) is 0.0191. The molecule has 7 heteroatoms. The molecule has 0 atom stereocenters. The van der Waals surface area contributed by atoms with Crippen molar-refractivity contribution in [2.24, 2.45) is 0 Å². The van der Waals surface area contributed by atoms with Gasteiger partial charge in [0.05, 0.1) is 18.5 Å². The second-order valence-corrected chi connectivity index (χ2v) is 5.56. The largest absolute Gasteiger partial charge is 0.497 e. The highest BCUT2D eigenvalue weighted by molar-refractivity contribution is 7.82. The summed E-state index contributed by atoms with van der Waals surface area (Å²) < 4.78 is 5.14. The fourth-order valence-corrected chi connectivity index (χ4v) is 2.66. The number of ether oxygens (including phenoxy) is 1. The molecule has 1 fully saturated rings. The van der Waals surface area contributed by atoms with Gasteiger partial charge >= 0.3 is 6.03 Å². The monoisotopic (exact) mass is 346 g/mol. The Morgan fingerprint density at radius 2 is 1.70 bits per heavy atom. The number of halogens is 1. The van der Waals surface area contributed by atoms with Crippen LogP contribution < -0.4 is 14.5 Å². The molecular weight excluding hydrogens is 336 g/mol. The average Bonchev–Trinajstić information content (AvgIpc) is 2.78. The summed E-state index contributed by atoms with van der Waals surface area (Å²) >= 11 is 11.0. The van der Waals surface area contributed by atoms with Crippen LogP contribution in [0.25, 0.3) is 0 Å². The number of rotatable bonds is 3. The maximum atomic E-state index is 12.7. The molecule has 0 saturated carbocycles. The first-order chi connectivity index (χ1) is 11.0. The molecule has 23 heavy (non-hydrogen) atoms. The molecule has 0 N–H and O–H groups in total. The molecule has 3 amide bonds. The lowest BCUT2D eigenvalue weighted by Crippen LogP contribution is -2.33. The Kier molecular flexibility index (Phi) is 4.02. The average molecular weight is 347 g/mol. The van der Waals surface area contributed by atoms with E-state index in [1.807, 2.05) is 0 Å². The van der Waals surface area contributed by atoms with Gasteiger partial charge in [0.2, 0.25) is 0 Å². The highest BCUT2D eigenvalue weighted by Crippen LogP contribution is 2.30. The third kappa shape index (κ3) is 2.67. The molecule has 1 aliphatic rings. The first-order valence-electron chi connectivity index (χ1n) is 6.65. The van der Waals surface area contributed by atoms with Crippen LogP contribution in [0.15, 0.2) is 48.5 Å². The van der Waals surface area contributed by atoms with Gasteiger partial charge in [-0.2, -0.15) is 0 Å². The summed E-state index contributed by atoms with van der Waals surface area (Å²) in [5.41, 5.74) is 0.890. The molecule has 2 aromatic carbocycles. The van der Waals surface area contributed by atoms with E-state index in [-0.39, 0.29) is 4.99 Å². The Balaban J connectivity index is 2.01. The van der Waals surface area contributed by atoms with Crippen molar-refractivity contribution in [3.05, 3.63) is 53.6 Å². The first kappa shape index (κ1) is 15.5. The standard InChI is InChI=1S/C16H11ClN2O3S/c1-22-13-4-2-3-12(9-13)19-15(23)14(20)18(16(19)21)11-7-5-10(17)6-8-11/h2-9H,1H3. The van der Waals surface area contributed by atoms with Crippen LogP contribution in [0.3, 0.4) is 0 Å². The van der Waals surface area contributed by atoms with Crippen molar-refractivity contribution < 1.29 is 14.3 Å². The zero-order valence-corrected chi connectivity index (χ0v) is 13.6. The molecule has 3 rings (SSSR count). The third-order valence-corrected chi connectivity index (χ3v) is 3.98. The predicted molar refractivity (Wildman–Crippen MR) is 92.4 cm³/mol. The topological polar surface area (TPSA) is 49.9 Å². The van der Waals surface area contributed by atoms with Crippen LogP contribution in [-0.4, -0.2) is 24.0 Å². The number of carbonyl (C=O) groups excluding carboxylic acids is 2. The molecule has 5 nitrogen and oxygen atoms in total. The minimum Gasteiger partial charge on any atom is -0.497 e. The molecule has 1 aliphatic heterocycles. The number of thiocarbonyl (C=S) groups is 1. The van der Waals surface area contributed by atoms with Gasteiger partial charge in [-0.15, -0.1) is 0 Å². The van der Waals surface area contributed by atoms with E-state index in [0.29, 0.717) is 22.1 Å². The number of methoxy groups -OCH3 is 1. The molecule has 0 spiro atoms. The fraction of sp³-hybridized carbons (Fsp3) is 0.0625. The van der Waals surface area contributed by atoms with E-state index in [2.05, 4.69) is 0 Å². The normalized spacial score (nSPS) is 14.6. The van der Waals surface area contributed by atoms with Gasteiger partial charge in [0, 0.05) is 11.1 Å². The number of carbonyl (C=O) groups is 2. The Bertz CT molecular complexity index is 807. The summed E-state index contributed by atoms with van der Waals surface area (Å²) in [6.45, 7) is 0. The van der Waals surface area contributed by atoms with Crippen molar-refractivity contribution in [1.82, 2.24) is 0 Å². The second-order valence-electron chi connectivity index (χ2n) is 4.74. The van der Waals surface area contributed by atoms with E-state index in [4.69, 9.17) is 28.6 Å². The Labute approximate surface area is 143 Å². The summed E-state index contributed by atoms with van der Waals surface area (Å²) in [5, 5.41) is 0.514. The zero-order chi connectivity index (χ0) is 16.6. The predicted octanol–water partition coefficient (Wildman–Crippen LogP) is 3.65. The minimum atomic E-state index is -0.546. The Morgan fingerprint density at radius 1 is 1.00 bits per heavy atom. The van der Waals surface area contributed by atoms with Gasteiger partial charge in [0.25, 0.3) is 5.91 Å². The van der Waals surface area contributed by atoms with E-state index in [1.54, 1.807) is 48.5 Å². The molecule has 2 aromatic rings. The van der Waals surface area contributed by atoms with Crippen LogP contribution in [0.5, 0.6) is 5.75 Å². The molecule has 0 radical (unpaired) electrons. The number of urea groups is 1. The second kappa shape index (κ2) is 5.98. The van der Waals surface area contributed by atoms with E-state index < -0.39 is 11.9 Å². The SMILES string of the molecule is COc1cccc(N2C(=O)N(c3ccc(Cl)cc3)C(=O)C2=S)c1. The van der Waals surface area contributed by atoms with Crippen LogP contribution in [0, 0.1) is 0 Å². The maximum Gasteiger partial charge on any atom is 0.341 e. The summed E-state index contributed by atoms with van der Waals surface area (Å²) in [7, 11) is 1.52. The van der Waals surface area contributed by atoms with Crippen LogP contribution in [0.4, 0.5) is 16.2 Å². The quantitative estimate of drug-likeness (QED) is 0.628. The van der Waals surface area contributed by atoms with Crippen molar-refractivity contribution in [3.8, 4) is 5.75 Å². The van der Waals surface area contributed by atoms with Crippen molar-refractivity contribution in [1.29, 1.82) is 0 Å². The highest BCUT2D eigenvalue weighted by atomic mass is 35.5. The van der Waals surface area contributed by atoms with E-state index >= 15 is 0 Å². The van der Waals surface area contributed by atoms with Gasteiger partial charge in [-0.3, -0.25) is 4.79 Å². The van der Waals surface area contributed by atoms with Gasteiger partial charge < -0.3 is 4.74 Å². The molecule has 0 aliphatic carbocycles. The molecule has 0 aromatic heterocycles. The minimum absolute atomic E-state index is 0.0850. The van der Waals surface area contributed by atoms with Crippen LogP contribution in [0.2, 0.25) is 5.02 Å². The number of nitrogens with zero attached hydrogens (tertiary/aromatic N) is 2. The molecule has 0 unspecified atom stereocenters. The van der Waals surface area contributed by atoms with Crippen molar-refractivity contribution in [3.63, 3.8) is 0 Å². The summed E-state index contributed by atoms with van der Waals surface area (Å²) in [4.78, 5) is 27.2. The van der Waals surface area contributed by atoms with Crippen LogP contribution >= 0.6 is 23.8 Å². The maximum absolute atomic E-state index is 12.7. The van der Waals surface area contributed by atoms with E-state index in [0.717, 1.165) is 4.90 Å². The van der Waals surface area contributed by atoms with Gasteiger partial charge in [0.1, 0.15) is 5.75 Å². The van der Waals surface area contributed by atoms with E-state index in [9.17, 15) is 9.59 Å². The van der Waals surface area contributed by atoms with Crippen molar-refractivity contribution >= 4 is 52.1 Å². The van der Waals surface area contributed by atoms with Crippen LogP contribution in [0.1, 0.15) is 0 Å². The Morgan fingerprint density at radius 3 is 2.35 bits per heavy atom. The van der Waals surface area contributed by atoms with Gasteiger partial charge in [-0.25, -0.2) is 14.6 Å². The van der Waals surface area contributed by atoms with Gasteiger partial charge in [-0.1, -0.05) is 29.9 Å². The zero-order valence-electron chi connectivity index (χ0n) is 12.0. The first-order valence-corrected chi connectivity index (χ1v) is 7.43. The Hall–Kier alpha value is -2.44. The van der Waals surface area contributed by atoms with E-state index in [1.165, 1.54) is 12.0 Å². The number of hydrogen-bond acceptors (Lipinski definition) is 4. The number of hydrogen-bond donors (Lipinski definition) is 0.